The Morgan fingerprint density at radius 2 is 2.33 bits per heavy atom. The number of nitro benzene ring substituents is 1. The Hall–Kier alpha value is -2.08. The van der Waals surface area contributed by atoms with Gasteiger partial charge in [-0.15, -0.1) is 0 Å². The molecule has 114 valence electrons. The highest BCUT2D eigenvalue weighted by molar-refractivity contribution is 5.58. The number of nitrogens with zero attached hydrogens (tertiary/aromatic N) is 1. The van der Waals surface area contributed by atoms with Crippen LogP contribution in [0.1, 0.15) is 19.8 Å². The normalized spacial score (nSPS) is 14.4. The van der Waals surface area contributed by atoms with Gasteiger partial charge in [0.05, 0.1) is 24.7 Å². The maximum atomic E-state index is 10.9. The first-order valence-electron chi connectivity index (χ1n) is 7.11. The molecule has 0 unspecified atom stereocenters. The maximum absolute atomic E-state index is 10.9. The number of nitro groups is 1. The predicted molar refractivity (Wildman–Crippen MR) is 80.9 cm³/mol. The first-order chi connectivity index (χ1) is 10.2. The predicted octanol–water partition coefficient (Wildman–Crippen LogP) is 3.14. The summed E-state index contributed by atoms with van der Waals surface area (Å²) in [4.78, 5) is 10.5. The summed E-state index contributed by atoms with van der Waals surface area (Å²) in [6, 6.07) is 4.86. The van der Waals surface area contributed by atoms with E-state index in [1.807, 2.05) is 0 Å². The Bertz CT molecular complexity index is 528. The fraction of sp³-hybridized carbons (Fsp3) is 0.467. The minimum absolute atomic E-state index is 0.00506. The van der Waals surface area contributed by atoms with E-state index in [1.165, 1.54) is 11.6 Å². The van der Waals surface area contributed by atoms with Crippen LogP contribution in [-0.2, 0) is 4.74 Å². The van der Waals surface area contributed by atoms with Crippen LogP contribution in [0, 0.1) is 10.1 Å². The van der Waals surface area contributed by atoms with E-state index in [4.69, 9.17) is 9.47 Å². The second-order valence-corrected chi connectivity index (χ2v) is 4.74. The van der Waals surface area contributed by atoms with Crippen LogP contribution < -0.4 is 10.1 Å². The third-order valence-corrected chi connectivity index (χ3v) is 3.29. The van der Waals surface area contributed by atoms with E-state index >= 15 is 0 Å². The lowest BCUT2D eigenvalue weighted by Gasteiger charge is -2.14. The molecule has 0 radical (unpaired) electrons. The number of ether oxygens (including phenoxy) is 2. The summed E-state index contributed by atoms with van der Waals surface area (Å²) >= 11 is 0. The molecule has 1 aromatic rings. The number of hydrogen-bond acceptors (Lipinski definition) is 5. The number of rotatable bonds is 7. The van der Waals surface area contributed by atoms with E-state index < -0.39 is 4.92 Å². The summed E-state index contributed by atoms with van der Waals surface area (Å²) in [5.41, 5.74) is 2.21. The first-order valence-corrected chi connectivity index (χ1v) is 7.11. The van der Waals surface area contributed by atoms with E-state index in [-0.39, 0.29) is 5.69 Å². The zero-order valence-corrected chi connectivity index (χ0v) is 12.1. The van der Waals surface area contributed by atoms with Gasteiger partial charge in [-0.1, -0.05) is 11.6 Å². The van der Waals surface area contributed by atoms with Crippen molar-refractivity contribution >= 4 is 11.4 Å². The van der Waals surface area contributed by atoms with Crippen LogP contribution in [0.3, 0.4) is 0 Å². The molecule has 6 nitrogen and oxygen atoms in total. The molecule has 21 heavy (non-hydrogen) atoms. The summed E-state index contributed by atoms with van der Waals surface area (Å²) < 4.78 is 10.6. The number of nitrogens with one attached hydrogen (secondary N) is 1. The second-order valence-electron chi connectivity index (χ2n) is 4.74. The highest BCUT2D eigenvalue weighted by atomic mass is 16.6. The molecule has 0 aromatic heterocycles. The SMILES string of the molecule is CCOc1cc(NCCC2=CCOCC2)ccc1[N+](=O)[O-]. The van der Waals surface area contributed by atoms with Crippen LogP contribution >= 0.6 is 0 Å². The minimum Gasteiger partial charge on any atom is -0.487 e. The quantitative estimate of drug-likeness (QED) is 0.475. The van der Waals surface area contributed by atoms with Crippen LogP contribution in [-0.4, -0.2) is 31.3 Å². The first kappa shape index (κ1) is 15.3. The van der Waals surface area contributed by atoms with Crippen molar-refractivity contribution in [3.63, 3.8) is 0 Å². The van der Waals surface area contributed by atoms with Crippen molar-refractivity contribution in [2.24, 2.45) is 0 Å². The van der Waals surface area contributed by atoms with Crippen molar-refractivity contribution < 1.29 is 14.4 Å². The molecule has 2 rings (SSSR count). The lowest BCUT2D eigenvalue weighted by atomic mass is 10.1. The van der Waals surface area contributed by atoms with E-state index in [1.54, 1.807) is 19.1 Å². The van der Waals surface area contributed by atoms with Gasteiger partial charge in [0.2, 0.25) is 0 Å². The summed E-state index contributed by atoms with van der Waals surface area (Å²) in [6.07, 6.45) is 4.04. The lowest BCUT2D eigenvalue weighted by Crippen LogP contribution is -2.09. The van der Waals surface area contributed by atoms with E-state index in [2.05, 4.69) is 11.4 Å². The van der Waals surface area contributed by atoms with Crippen LogP contribution in [0.5, 0.6) is 5.75 Å². The standard InChI is InChI=1S/C15H20N2O4/c1-2-21-15-11-13(3-4-14(15)17(18)19)16-8-5-12-6-9-20-10-7-12/h3-4,6,11,16H,2,5,7-10H2,1H3. The molecule has 0 fully saturated rings. The Morgan fingerprint density at radius 3 is 3.00 bits per heavy atom. The van der Waals surface area contributed by atoms with Crippen molar-refractivity contribution in [3.05, 3.63) is 40.0 Å². The molecule has 1 aliphatic rings. The van der Waals surface area contributed by atoms with Crippen molar-refractivity contribution in [1.29, 1.82) is 0 Å². The van der Waals surface area contributed by atoms with Gasteiger partial charge in [-0.25, -0.2) is 0 Å². The number of hydrogen-bond donors (Lipinski definition) is 1. The molecule has 1 heterocycles. The van der Waals surface area contributed by atoms with Crippen LogP contribution in [0.15, 0.2) is 29.8 Å². The van der Waals surface area contributed by atoms with Gasteiger partial charge in [-0.2, -0.15) is 0 Å². The molecule has 0 aliphatic carbocycles. The molecule has 1 aliphatic heterocycles. The highest BCUT2D eigenvalue weighted by Gasteiger charge is 2.15. The fourth-order valence-corrected chi connectivity index (χ4v) is 2.21. The monoisotopic (exact) mass is 292 g/mol. The molecule has 0 saturated heterocycles. The molecular formula is C15H20N2O4. The molecule has 0 bridgehead atoms. The van der Waals surface area contributed by atoms with Gasteiger partial charge in [0.1, 0.15) is 0 Å². The van der Waals surface area contributed by atoms with Gasteiger partial charge in [-0.3, -0.25) is 10.1 Å². The molecule has 1 N–H and O–H groups in total. The Labute approximate surface area is 123 Å². The van der Waals surface area contributed by atoms with Gasteiger partial charge in [0.15, 0.2) is 5.75 Å². The smallest absolute Gasteiger partial charge is 0.311 e. The van der Waals surface area contributed by atoms with E-state index in [0.717, 1.165) is 31.7 Å². The van der Waals surface area contributed by atoms with Crippen molar-refractivity contribution in [1.82, 2.24) is 0 Å². The van der Waals surface area contributed by atoms with Gasteiger partial charge >= 0.3 is 5.69 Å². The van der Waals surface area contributed by atoms with Gasteiger partial charge in [0, 0.05) is 24.4 Å². The lowest BCUT2D eigenvalue weighted by molar-refractivity contribution is -0.385. The molecule has 0 amide bonds. The molecule has 0 spiro atoms. The molecule has 1 aromatic carbocycles. The fourth-order valence-electron chi connectivity index (χ4n) is 2.21. The average Bonchev–Trinajstić information content (AvgIpc) is 2.49. The molecule has 6 heteroatoms. The third kappa shape index (κ3) is 4.46. The molecule has 0 saturated carbocycles. The second kappa shape index (κ2) is 7.64. The van der Waals surface area contributed by atoms with Crippen LogP contribution in [0.2, 0.25) is 0 Å². The zero-order chi connectivity index (χ0) is 15.1. The van der Waals surface area contributed by atoms with Gasteiger partial charge in [-0.05, 0) is 25.8 Å². The van der Waals surface area contributed by atoms with Crippen LogP contribution in [0.4, 0.5) is 11.4 Å². The van der Waals surface area contributed by atoms with Gasteiger partial charge < -0.3 is 14.8 Å². The van der Waals surface area contributed by atoms with Crippen LogP contribution in [0.25, 0.3) is 0 Å². The topological polar surface area (TPSA) is 73.6 Å². The third-order valence-electron chi connectivity index (χ3n) is 3.29. The number of benzene rings is 1. The minimum atomic E-state index is -0.429. The van der Waals surface area contributed by atoms with Crippen molar-refractivity contribution in [2.45, 2.75) is 19.8 Å². The summed E-state index contributed by atoms with van der Waals surface area (Å²) in [5.74, 6) is 0.304. The summed E-state index contributed by atoms with van der Waals surface area (Å²) in [6.45, 7) is 4.48. The average molecular weight is 292 g/mol. The van der Waals surface area contributed by atoms with Crippen molar-refractivity contribution in [3.8, 4) is 5.75 Å². The number of anilines is 1. The van der Waals surface area contributed by atoms with E-state index in [0.29, 0.717) is 19.0 Å². The zero-order valence-electron chi connectivity index (χ0n) is 12.1. The summed E-state index contributed by atoms with van der Waals surface area (Å²) in [7, 11) is 0. The van der Waals surface area contributed by atoms with E-state index in [9.17, 15) is 10.1 Å². The van der Waals surface area contributed by atoms with Crippen molar-refractivity contribution in [2.75, 3.05) is 31.7 Å². The Balaban J connectivity index is 1.95. The molecule has 0 atom stereocenters. The maximum Gasteiger partial charge on any atom is 0.311 e. The van der Waals surface area contributed by atoms with Gasteiger partial charge in [0.25, 0.3) is 0 Å². The Kier molecular flexibility index (Phi) is 5.57. The Morgan fingerprint density at radius 1 is 1.48 bits per heavy atom. The highest BCUT2D eigenvalue weighted by Crippen LogP contribution is 2.30. The summed E-state index contributed by atoms with van der Waals surface area (Å²) in [5, 5.41) is 14.2. The largest absolute Gasteiger partial charge is 0.487 e. The molecular weight excluding hydrogens is 272 g/mol.